The average molecular weight is 385 g/mol. The van der Waals surface area contributed by atoms with E-state index in [0.717, 1.165) is 5.69 Å². The standard InChI is InChI=1S/C21H24N2O3S/c1-2-20(24)12-11-18-7-6-10-21(17-18)27(25,26)23-15-13-22(14-16-23)19-8-4-3-5-9-19/h3-12,17H,2,13-16H2,1H3/b12-11+. The van der Waals surface area contributed by atoms with Gasteiger partial charge in [-0.25, -0.2) is 8.42 Å². The van der Waals surface area contributed by atoms with Crippen molar-refractivity contribution in [2.45, 2.75) is 18.2 Å². The van der Waals surface area contributed by atoms with Crippen LogP contribution in [0.4, 0.5) is 5.69 Å². The third-order valence-corrected chi connectivity index (χ3v) is 6.56. The molecule has 142 valence electrons. The minimum Gasteiger partial charge on any atom is -0.369 e. The monoisotopic (exact) mass is 384 g/mol. The summed E-state index contributed by atoms with van der Waals surface area (Å²) in [7, 11) is -3.55. The lowest BCUT2D eigenvalue weighted by Crippen LogP contribution is -2.48. The summed E-state index contributed by atoms with van der Waals surface area (Å²) < 4.78 is 27.5. The highest BCUT2D eigenvalue weighted by Gasteiger charge is 2.28. The summed E-state index contributed by atoms with van der Waals surface area (Å²) in [5.74, 6) is 0.0142. The number of anilines is 1. The first-order valence-electron chi connectivity index (χ1n) is 9.12. The Labute approximate surface area is 161 Å². The summed E-state index contributed by atoms with van der Waals surface area (Å²) in [6.07, 6.45) is 3.59. The van der Waals surface area contributed by atoms with Crippen LogP contribution in [0.3, 0.4) is 0 Å². The number of sulfonamides is 1. The lowest BCUT2D eigenvalue weighted by atomic mass is 10.2. The number of hydrogen-bond acceptors (Lipinski definition) is 4. The molecule has 1 aliphatic rings. The van der Waals surface area contributed by atoms with Crippen LogP contribution in [-0.4, -0.2) is 44.7 Å². The van der Waals surface area contributed by atoms with Gasteiger partial charge in [-0.2, -0.15) is 4.31 Å². The van der Waals surface area contributed by atoms with E-state index in [2.05, 4.69) is 4.90 Å². The molecule has 0 radical (unpaired) electrons. The highest BCUT2D eigenvalue weighted by Crippen LogP contribution is 2.22. The molecule has 0 aromatic heterocycles. The second kappa shape index (κ2) is 8.50. The zero-order valence-electron chi connectivity index (χ0n) is 15.4. The van der Waals surface area contributed by atoms with Crippen LogP contribution in [0, 0.1) is 0 Å². The van der Waals surface area contributed by atoms with Crippen LogP contribution >= 0.6 is 0 Å². The summed E-state index contributed by atoms with van der Waals surface area (Å²) in [5, 5.41) is 0. The van der Waals surface area contributed by atoms with E-state index in [9.17, 15) is 13.2 Å². The third-order valence-electron chi connectivity index (χ3n) is 4.67. The number of rotatable bonds is 6. The normalized spacial score (nSPS) is 16.0. The van der Waals surface area contributed by atoms with E-state index in [1.807, 2.05) is 30.3 Å². The fourth-order valence-electron chi connectivity index (χ4n) is 3.06. The van der Waals surface area contributed by atoms with Gasteiger partial charge in [-0.05, 0) is 35.9 Å². The number of para-hydroxylation sites is 1. The SMILES string of the molecule is CCC(=O)/C=C/c1cccc(S(=O)(=O)N2CCN(c3ccccc3)CC2)c1. The zero-order valence-corrected chi connectivity index (χ0v) is 16.2. The van der Waals surface area contributed by atoms with E-state index < -0.39 is 10.0 Å². The van der Waals surface area contributed by atoms with Crippen LogP contribution in [-0.2, 0) is 14.8 Å². The van der Waals surface area contributed by atoms with Gasteiger partial charge in [0.2, 0.25) is 10.0 Å². The maximum atomic E-state index is 13.0. The molecular formula is C21H24N2O3S. The van der Waals surface area contributed by atoms with Gasteiger partial charge in [-0.3, -0.25) is 4.79 Å². The van der Waals surface area contributed by atoms with Gasteiger partial charge >= 0.3 is 0 Å². The van der Waals surface area contributed by atoms with Gasteiger partial charge in [0, 0.05) is 38.3 Å². The van der Waals surface area contributed by atoms with Crippen molar-refractivity contribution in [3.63, 3.8) is 0 Å². The van der Waals surface area contributed by atoms with E-state index in [-0.39, 0.29) is 10.7 Å². The number of carbonyl (C=O) groups is 1. The average Bonchev–Trinajstić information content (AvgIpc) is 2.73. The van der Waals surface area contributed by atoms with Crippen LogP contribution < -0.4 is 4.90 Å². The van der Waals surface area contributed by atoms with Crippen molar-refractivity contribution in [1.29, 1.82) is 0 Å². The molecule has 0 N–H and O–H groups in total. The molecule has 6 heteroatoms. The molecule has 1 aliphatic heterocycles. The Bertz CT molecular complexity index is 915. The molecule has 2 aromatic carbocycles. The predicted molar refractivity (Wildman–Crippen MR) is 108 cm³/mol. The summed E-state index contributed by atoms with van der Waals surface area (Å²) in [4.78, 5) is 13.9. The second-order valence-electron chi connectivity index (χ2n) is 6.45. The number of carbonyl (C=O) groups excluding carboxylic acids is 1. The number of ketones is 1. The molecule has 27 heavy (non-hydrogen) atoms. The lowest BCUT2D eigenvalue weighted by molar-refractivity contribution is -0.114. The van der Waals surface area contributed by atoms with Gasteiger partial charge in [0.15, 0.2) is 5.78 Å². The maximum Gasteiger partial charge on any atom is 0.243 e. The van der Waals surface area contributed by atoms with Crippen molar-refractivity contribution in [3.8, 4) is 0 Å². The Morgan fingerprint density at radius 3 is 2.37 bits per heavy atom. The lowest BCUT2D eigenvalue weighted by Gasteiger charge is -2.35. The van der Waals surface area contributed by atoms with Crippen LogP contribution in [0.1, 0.15) is 18.9 Å². The summed E-state index contributed by atoms with van der Waals surface area (Å²) in [6, 6.07) is 16.8. The molecule has 0 atom stereocenters. The fourth-order valence-corrected chi connectivity index (χ4v) is 4.54. The predicted octanol–water partition coefficient (Wildman–Crippen LogP) is 3.19. The minimum atomic E-state index is -3.55. The smallest absolute Gasteiger partial charge is 0.243 e. The molecule has 0 amide bonds. The van der Waals surface area contributed by atoms with Gasteiger partial charge in [-0.15, -0.1) is 0 Å². The van der Waals surface area contributed by atoms with E-state index in [4.69, 9.17) is 0 Å². The van der Waals surface area contributed by atoms with Crippen LogP contribution in [0.2, 0.25) is 0 Å². The number of piperazine rings is 1. The highest BCUT2D eigenvalue weighted by atomic mass is 32.2. The zero-order chi connectivity index (χ0) is 19.3. The van der Waals surface area contributed by atoms with E-state index >= 15 is 0 Å². The first-order chi connectivity index (χ1) is 13.0. The van der Waals surface area contributed by atoms with Crippen molar-refractivity contribution in [3.05, 3.63) is 66.2 Å². The quantitative estimate of drug-likeness (QED) is 0.718. The Hall–Kier alpha value is -2.44. The van der Waals surface area contributed by atoms with Crippen molar-refractivity contribution >= 4 is 27.6 Å². The largest absolute Gasteiger partial charge is 0.369 e. The minimum absolute atomic E-state index is 0.0142. The molecule has 0 spiro atoms. The van der Waals surface area contributed by atoms with Crippen molar-refractivity contribution in [2.75, 3.05) is 31.1 Å². The number of hydrogen-bond donors (Lipinski definition) is 0. The van der Waals surface area contributed by atoms with E-state index in [1.54, 1.807) is 37.3 Å². The number of nitrogens with zero attached hydrogens (tertiary/aromatic N) is 2. The fraction of sp³-hybridized carbons (Fsp3) is 0.286. The van der Waals surface area contributed by atoms with Crippen molar-refractivity contribution in [2.24, 2.45) is 0 Å². The molecule has 0 aliphatic carbocycles. The molecule has 1 fully saturated rings. The Kier molecular flexibility index (Phi) is 6.08. The van der Waals surface area contributed by atoms with Crippen LogP contribution in [0.15, 0.2) is 65.6 Å². The molecular weight excluding hydrogens is 360 g/mol. The highest BCUT2D eigenvalue weighted by molar-refractivity contribution is 7.89. The summed E-state index contributed by atoms with van der Waals surface area (Å²) in [6.45, 7) is 4.02. The Balaban J connectivity index is 1.72. The molecule has 0 bridgehead atoms. The van der Waals surface area contributed by atoms with Gasteiger partial charge in [0.05, 0.1) is 4.90 Å². The van der Waals surface area contributed by atoms with Crippen LogP contribution in [0.5, 0.6) is 0 Å². The van der Waals surface area contributed by atoms with E-state index in [1.165, 1.54) is 10.4 Å². The van der Waals surface area contributed by atoms with Crippen molar-refractivity contribution in [1.82, 2.24) is 4.31 Å². The Morgan fingerprint density at radius 1 is 1.00 bits per heavy atom. The van der Waals surface area contributed by atoms with Gasteiger partial charge in [0.1, 0.15) is 0 Å². The summed E-state index contributed by atoms with van der Waals surface area (Å²) in [5.41, 5.74) is 1.82. The van der Waals surface area contributed by atoms with Gasteiger partial charge in [-0.1, -0.05) is 43.3 Å². The third kappa shape index (κ3) is 4.64. The molecule has 0 unspecified atom stereocenters. The molecule has 5 nitrogen and oxygen atoms in total. The topological polar surface area (TPSA) is 57.7 Å². The molecule has 3 rings (SSSR count). The molecule has 1 heterocycles. The first-order valence-corrected chi connectivity index (χ1v) is 10.6. The molecule has 2 aromatic rings. The van der Waals surface area contributed by atoms with Crippen LogP contribution in [0.25, 0.3) is 6.08 Å². The number of benzene rings is 2. The van der Waals surface area contributed by atoms with Gasteiger partial charge in [0.25, 0.3) is 0 Å². The second-order valence-corrected chi connectivity index (χ2v) is 8.39. The first kappa shape index (κ1) is 19.3. The molecule has 1 saturated heterocycles. The molecule has 0 saturated carbocycles. The van der Waals surface area contributed by atoms with Crippen molar-refractivity contribution < 1.29 is 13.2 Å². The van der Waals surface area contributed by atoms with E-state index in [0.29, 0.717) is 38.2 Å². The maximum absolute atomic E-state index is 13.0. The Morgan fingerprint density at radius 2 is 1.70 bits per heavy atom. The summed E-state index contributed by atoms with van der Waals surface area (Å²) >= 11 is 0. The van der Waals surface area contributed by atoms with Gasteiger partial charge < -0.3 is 4.90 Å². The number of allylic oxidation sites excluding steroid dienone is 1.